The molecule has 0 amide bonds. The predicted molar refractivity (Wildman–Crippen MR) is 60.6 cm³/mol. The van der Waals surface area contributed by atoms with Crippen LogP contribution >= 0.6 is 0 Å². The molecule has 2 rings (SSSR count). The van der Waals surface area contributed by atoms with Crippen LogP contribution in [-0.4, -0.2) is 19.7 Å². The molecule has 1 unspecified atom stereocenters. The lowest BCUT2D eigenvalue weighted by atomic mass is 9.93. The van der Waals surface area contributed by atoms with E-state index in [1.807, 2.05) is 13.0 Å². The van der Waals surface area contributed by atoms with E-state index in [2.05, 4.69) is 13.0 Å². The van der Waals surface area contributed by atoms with Crippen LogP contribution in [0.1, 0.15) is 16.7 Å². The predicted octanol–water partition coefficient (Wildman–Crippen LogP) is 2.03. The van der Waals surface area contributed by atoms with Gasteiger partial charge in [-0.1, -0.05) is 12.1 Å². The van der Waals surface area contributed by atoms with Gasteiger partial charge in [-0.2, -0.15) is 0 Å². The molecular formula is C13H16O3. The van der Waals surface area contributed by atoms with E-state index in [1.54, 1.807) is 0 Å². The summed E-state index contributed by atoms with van der Waals surface area (Å²) in [5, 5.41) is 0. The molecular weight excluding hydrogens is 204 g/mol. The second kappa shape index (κ2) is 4.16. The van der Waals surface area contributed by atoms with Crippen molar-refractivity contribution in [2.24, 2.45) is 5.92 Å². The molecule has 1 aromatic carbocycles. The molecule has 86 valence electrons. The summed E-state index contributed by atoms with van der Waals surface area (Å²) >= 11 is 0. The SMILES string of the molecule is COC(=O)C1COc2c(ccc(C)c2C)C1. The van der Waals surface area contributed by atoms with Crippen molar-refractivity contribution in [1.82, 2.24) is 0 Å². The zero-order chi connectivity index (χ0) is 11.7. The van der Waals surface area contributed by atoms with Crippen molar-refractivity contribution in [2.75, 3.05) is 13.7 Å². The van der Waals surface area contributed by atoms with Gasteiger partial charge in [0.25, 0.3) is 0 Å². The summed E-state index contributed by atoms with van der Waals surface area (Å²) in [7, 11) is 1.41. The number of esters is 1. The molecule has 0 aliphatic carbocycles. The summed E-state index contributed by atoms with van der Waals surface area (Å²) in [4.78, 5) is 11.4. The lowest BCUT2D eigenvalue weighted by Crippen LogP contribution is -2.29. The van der Waals surface area contributed by atoms with E-state index >= 15 is 0 Å². The van der Waals surface area contributed by atoms with Gasteiger partial charge in [0.05, 0.1) is 13.0 Å². The van der Waals surface area contributed by atoms with Gasteiger partial charge in [-0.15, -0.1) is 0 Å². The first-order valence-corrected chi connectivity index (χ1v) is 5.43. The molecule has 0 fully saturated rings. The first-order valence-electron chi connectivity index (χ1n) is 5.43. The van der Waals surface area contributed by atoms with Gasteiger partial charge in [-0.25, -0.2) is 0 Å². The molecule has 0 aromatic heterocycles. The van der Waals surface area contributed by atoms with Crippen LogP contribution in [0.4, 0.5) is 0 Å². The Morgan fingerprint density at radius 3 is 2.88 bits per heavy atom. The van der Waals surface area contributed by atoms with E-state index in [0.717, 1.165) is 11.3 Å². The van der Waals surface area contributed by atoms with Gasteiger partial charge in [0, 0.05) is 0 Å². The molecule has 0 saturated carbocycles. The maximum Gasteiger partial charge on any atom is 0.312 e. The quantitative estimate of drug-likeness (QED) is 0.679. The summed E-state index contributed by atoms with van der Waals surface area (Å²) < 4.78 is 10.4. The smallest absolute Gasteiger partial charge is 0.312 e. The number of carbonyl (C=O) groups excluding carboxylic acids is 1. The Morgan fingerprint density at radius 1 is 1.44 bits per heavy atom. The molecule has 3 heteroatoms. The van der Waals surface area contributed by atoms with Gasteiger partial charge in [0.2, 0.25) is 0 Å². The van der Waals surface area contributed by atoms with Crippen LogP contribution in [0.3, 0.4) is 0 Å². The third-order valence-corrected chi connectivity index (χ3v) is 3.19. The Kier molecular flexibility index (Phi) is 2.86. The Balaban J connectivity index is 2.29. The fraction of sp³-hybridized carbons (Fsp3) is 0.462. The summed E-state index contributed by atoms with van der Waals surface area (Å²) in [5.74, 6) is 0.587. The highest BCUT2D eigenvalue weighted by Crippen LogP contribution is 2.32. The first-order chi connectivity index (χ1) is 7.63. The third kappa shape index (κ3) is 1.77. The summed E-state index contributed by atoms with van der Waals surface area (Å²) in [6.07, 6.45) is 0.711. The minimum atomic E-state index is -0.191. The number of hydrogen-bond donors (Lipinski definition) is 0. The van der Waals surface area contributed by atoms with Gasteiger partial charge in [0.15, 0.2) is 0 Å². The molecule has 0 spiro atoms. The molecule has 1 aliphatic rings. The molecule has 0 N–H and O–H groups in total. The maximum absolute atomic E-state index is 11.4. The lowest BCUT2D eigenvalue weighted by Gasteiger charge is -2.25. The second-order valence-corrected chi connectivity index (χ2v) is 4.23. The zero-order valence-electron chi connectivity index (χ0n) is 9.87. The van der Waals surface area contributed by atoms with Crippen molar-refractivity contribution in [3.05, 3.63) is 28.8 Å². The number of fused-ring (bicyclic) bond motifs is 1. The molecule has 1 aromatic rings. The van der Waals surface area contributed by atoms with Gasteiger partial charge < -0.3 is 9.47 Å². The molecule has 0 saturated heterocycles. The standard InChI is InChI=1S/C13H16O3/c1-8-4-5-10-6-11(13(14)15-3)7-16-12(10)9(8)2/h4-5,11H,6-7H2,1-3H3. The number of carbonyl (C=O) groups is 1. The second-order valence-electron chi connectivity index (χ2n) is 4.23. The monoisotopic (exact) mass is 220 g/mol. The van der Waals surface area contributed by atoms with E-state index in [1.165, 1.54) is 18.2 Å². The summed E-state index contributed by atoms with van der Waals surface area (Å²) in [6.45, 7) is 4.53. The molecule has 1 heterocycles. The lowest BCUT2D eigenvalue weighted by molar-refractivity contribution is -0.146. The van der Waals surface area contributed by atoms with Crippen molar-refractivity contribution in [2.45, 2.75) is 20.3 Å². The van der Waals surface area contributed by atoms with Crippen molar-refractivity contribution < 1.29 is 14.3 Å². The van der Waals surface area contributed by atoms with Gasteiger partial charge in [-0.3, -0.25) is 4.79 Å². The average Bonchev–Trinajstić information content (AvgIpc) is 2.32. The van der Waals surface area contributed by atoms with Gasteiger partial charge in [0.1, 0.15) is 12.4 Å². The number of methoxy groups -OCH3 is 1. The highest BCUT2D eigenvalue weighted by molar-refractivity contribution is 5.73. The number of benzene rings is 1. The van der Waals surface area contributed by atoms with E-state index in [4.69, 9.17) is 9.47 Å². The molecule has 1 aliphatic heterocycles. The highest BCUT2D eigenvalue weighted by atomic mass is 16.5. The van der Waals surface area contributed by atoms with Crippen LogP contribution in [0.25, 0.3) is 0 Å². The van der Waals surface area contributed by atoms with Crippen LogP contribution in [0.5, 0.6) is 5.75 Å². The molecule has 3 nitrogen and oxygen atoms in total. The molecule has 1 atom stereocenters. The minimum absolute atomic E-state index is 0.167. The van der Waals surface area contributed by atoms with Crippen molar-refractivity contribution >= 4 is 5.97 Å². The Labute approximate surface area is 95.4 Å². The van der Waals surface area contributed by atoms with Crippen LogP contribution < -0.4 is 4.74 Å². The Morgan fingerprint density at radius 2 is 2.19 bits per heavy atom. The largest absolute Gasteiger partial charge is 0.492 e. The molecule has 16 heavy (non-hydrogen) atoms. The first kappa shape index (κ1) is 11.0. The van der Waals surface area contributed by atoms with E-state index < -0.39 is 0 Å². The van der Waals surface area contributed by atoms with E-state index in [-0.39, 0.29) is 11.9 Å². The van der Waals surface area contributed by atoms with Crippen LogP contribution in [-0.2, 0) is 16.0 Å². The Bertz CT molecular complexity index is 423. The van der Waals surface area contributed by atoms with Crippen molar-refractivity contribution in [3.63, 3.8) is 0 Å². The number of aryl methyl sites for hydroxylation is 1. The number of ether oxygens (including phenoxy) is 2. The normalized spacial score (nSPS) is 18.6. The summed E-state index contributed by atoms with van der Waals surface area (Å²) in [6, 6.07) is 4.10. The zero-order valence-corrected chi connectivity index (χ0v) is 9.87. The van der Waals surface area contributed by atoms with Crippen LogP contribution in [0.15, 0.2) is 12.1 Å². The van der Waals surface area contributed by atoms with Crippen LogP contribution in [0.2, 0.25) is 0 Å². The topological polar surface area (TPSA) is 35.5 Å². The van der Waals surface area contributed by atoms with E-state index in [9.17, 15) is 4.79 Å². The minimum Gasteiger partial charge on any atom is -0.492 e. The maximum atomic E-state index is 11.4. The molecule has 0 radical (unpaired) electrons. The van der Waals surface area contributed by atoms with Crippen molar-refractivity contribution in [1.29, 1.82) is 0 Å². The third-order valence-electron chi connectivity index (χ3n) is 3.19. The molecule has 0 bridgehead atoms. The highest BCUT2D eigenvalue weighted by Gasteiger charge is 2.27. The van der Waals surface area contributed by atoms with Gasteiger partial charge >= 0.3 is 5.97 Å². The Hall–Kier alpha value is -1.51. The number of hydrogen-bond acceptors (Lipinski definition) is 3. The fourth-order valence-corrected chi connectivity index (χ4v) is 2.03. The number of rotatable bonds is 1. The average molecular weight is 220 g/mol. The fourth-order valence-electron chi connectivity index (χ4n) is 2.03. The van der Waals surface area contributed by atoms with Crippen LogP contribution in [0, 0.1) is 19.8 Å². The van der Waals surface area contributed by atoms with E-state index in [0.29, 0.717) is 13.0 Å². The summed E-state index contributed by atoms with van der Waals surface area (Å²) in [5.41, 5.74) is 3.49. The van der Waals surface area contributed by atoms with Crippen molar-refractivity contribution in [3.8, 4) is 5.75 Å². The van der Waals surface area contributed by atoms with Gasteiger partial charge in [-0.05, 0) is 37.0 Å².